The van der Waals surface area contributed by atoms with Crippen molar-refractivity contribution < 1.29 is 19.1 Å². The van der Waals surface area contributed by atoms with Crippen LogP contribution in [0.1, 0.15) is 151 Å². The summed E-state index contributed by atoms with van der Waals surface area (Å²) in [6, 6.07) is 13.9. The van der Waals surface area contributed by atoms with Gasteiger partial charge in [-0.3, -0.25) is 9.59 Å². The Labute approximate surface area is 305 Å². The number of fused-ring (bicyclic) bond motifs is 1. The second-order valence-electron chi connectivity index (χ2n) is 13.8. The highest BCUT2D eigenvalue weighted by Gasteiger charge is 2.44. The summed E-state index contributed by atoms with van der Waals surface area (Å²) < 4.78 is 12.7. The highest BCUT2D eigenvalue weighted by molar-refractivity contribution is 7.20. The third kappa shape index (κ3) is 10.2. The highest BCUT2D eigenvalue weighted by Crippen LogP contribution is 2.51. The van der Waals surface area contributed by atoms with Crippen LogP contribution in [0.4, 0.5) is 0 Å². The number of hydrogen-bond donors (Lipinski definition) is 0. The molecule has 1 aliphatic rings. The van der Waals surface area contributed by atoms with E-state index in [1.54, 1.807) is 6.92 Å². The van der Waals surface area contributed by atoms with Crippen LogP contribution in [0.3, 0.4) is 0 Å². The summed E-state index contributed by atoms with van der Waals surface area (Å²) >= 11 is 1.51. The van der Waals surface area contributed by atoms with E-state index in [1.807, 2.05) is 48.5 Å². The first-order valence-corrected chi connectivity index (χ1v) is 20.0. The van der Waals surface area contributed by atoms with Crippen molar-refractivity contribution in [2.45, 2.75) is 125 Å². The van der Waals surface area contributed by atoms with Crippen LogP contribution < -0.4 is 9.47 Å². The van der Waals surface area contributed by atoms with Gasteiger partial charge in [-0.2, -0.15) is 0 Å². The average molecular weight is 696 g/mol. The zero-order valence-electron chi connectivity index (χ0n) is 31.1. The Morgan fingerprint density at radius 2 is 1.44 bits per heavy atom. The first-order chi connectivity index (χ1) is 24.4. The molecule has 5 nitrogen and oxygen atoms in total. The Bertz CT molecular complexity index is 1630. The number of allylic oxidation sites excluding steroid dienone is 1. The van der Waals surface area contributed by atoms with E-state index in [0.29, 0.717) is 48.1 Å². The predicted molar refractivity (Wildman–Crippen MR) is 209 cm³/mol. The molecule has 0 bridgehead atoms. The summed E-state index contributed by atoms with van der Waals surface area (Å²) in [5.74, 6) is 1.24. The quantitative estimate of drug-likeness (QED) is 0.0596. The summed E-state index contributed by atoms with van der Waals surface area (Å²) in [5.41, 5.74) is 4.40. The van der Waals surface area contributed by atoms with Crippen LogP contribution in [-0.2, 0) is 0 Å². The molecule has 3 aromatic rings. The number of rotatable bonds is 22. The lowest BCUT2D eigenvalue weighted by molar-refractivity contribution is 0.0825. The van der Waals surface area contributed by atoms with Gasteiger partial charge in [0.1, 0.15) is 11.5 Å². The van der Waals surface area contributed by atoms with Crippen molar-refractivity contribution in [2.24, 2.45) is 11.8 Å². The number of Topliss-reactive ketones (excluding diaryl/α,β-unsaturated/α-hetero) is 2. The van der Waals surface area contributed by atoms with E-state index < -0.39 is 5.92 Å². The van der Waals surface area contributed by atoms with Gasteiger partial charge in [0, 0.05) is 27.6 Å². The fourth-order valence-electron chi connectivity index (χ4n) is 6.81. The van der Waals surface area contributed by atoms with Crippen LogP contribution in [0, 0.1) is 18.4 Å². The van der Waals surface area contributed by atoms with Crippen LogP contribution >= 0.6 is 11.3 Å². The summed E-state index contributed by atoms with van der Waals surface area (Å²) in [6.45, 7) is 19.2. The van der Waals surface area contributed by atoms with Gasteiger partial charge in [0.2, 0.25) is 0 Å². The lowest BCUT2D eigenvalue weighted by Crippen LogP contribution is -2.17. The molecular formula is C44H57NO4S. The molecular weight excluding hydrogens is 639 g/mol. The normalized spacial score (nSPS) is 14.9. The summed E-state index contributed by atoms with van der Waals surface area (Å²) in [6.07, 6.45) is 16.8. The molecule has 0 amide bonds. The Kier molecular flexibility index (Phi) is 15.8. The molecule has 268 valence electrons. The Hall–Kier alpha value is -3.69. The molecule has 6 heteroatoms. The number of ketones is 2. The van der Waals surface area contributed by atoms with Gasteiger partial charge < -0.3 is 9.47 Å². The number of thiophene rings is 1. The van der Waals surface area contributed by atoms with Gasteiger partial charge in [0.05, 0.1) is 30.6 Å². The number of carbonyl (C=O) groups excluding carboxylic acids is 2. The minimum atomic E-state index is -0.644. The Morgan fingerprint density at radius 3 is 2.06 bits per heavy atom. The molecule has 2 aromatic carbocycles. The molecule has 4 rings (SSSR count). The number of carbonyl (C=O) groups is 2. The lowest BCUT2D eigenvalue weighted by atomic mass is 9.88. The van der Waals surface area contributed by atoms with E-state index in [-0.39, 0.29) is 11.6 Å². The molecule has 0 N–H and O–H groups in total. The summed E-state index contributed by atoms with van der Waals surface area (Å²) in [5, 5.41) is 0. The molecule has 0 radical (unpaired) electrons. The first-order valence-electron chi connectivity index (χ1n) is 19.2. The molecule has 1 heterocycles. The number of nitrogens with zero attached hydrogens (tertiary/aromatic N) is 1. The summed E-state index contributed by atoms with van der Waals surface area (Å²) in [4.78, 5) is 33.9. The van der Waals surface area contributed by atoms with E-state index in [4.69, 9.17) is 16.0 Å². The largest absolute Gasteiger partial charge is 0.493 e. The second-order valence-corrected chi connectivity index (χ2v) is 14.8. The van der Waals surface area contributed by atoms with Crippen LogP contribution in [0.15, 0.2) is 48.2 Å². The first kappa shape index (κ1) is 39.1. The van der Waals surface area contributed by atoms with Crippen LogP contribution in [0.25, 0.3) is 31.8 Å². The van der Waals surface area contributed by atoms with E-state index in [2.05, 4.69) is 32.5 Å². The fraction of sp³-hybridized carbons (Fsp3) is 0.523. The van der Waals surface area contributed by atoms with Crippen molar-refractivity contribution in [3.05, 3.63) is 76.3 Å². The predicted octanol–water partition coefficient (Wildman–Crippen LogP) is 13.3. The topological polar surface area (TPSA) is 57.0 Å². The van der Waals surface area contributed by atoms with Crippen molar-refractivity contribution in [1.82, 2.24) is 0 Å². The van der Waals surface area contributed by atoms with Gasteiger partial charge in [0.15, 0.2) is 17.3 Å². The third-order valence-corrected chi connectivity index (χ3v) is 11.2. The van der Waals surface area contributed by atoms with E-state index >= 15 is 0 Å². The molecule has 0 fully saturated rings. The van der Waals surface area contributed by atoms with Gasteiger partial charge in [-0.05, 0) is 61.8 Å². The van der Waals surface area contributed by atoms with Crippen LogP contribution in [-0.4, -0.2) is 24.8 Å². The minimum Gasteiger partial charge on any atom is -0.493 e. The molecule has 0 saturated heterocycles. The molecule has 2 unspecified atom stereocenters. The Balaban J connectivity index is 1.76. The van der Waals surface area contributed by atoms with Gasteiger partial charge in [-0.25, -0.2) is 4.85 Å². The zero-order valence-corrected chi connectivity index (χ0v) is 31.9. The maximum absolute atomic E-state index is 14.4. The monoisotopic (exact) mass is 695 g/mol. The van der Waals surface area contributed by atoms with Crippen LogP contribution in [0.2, 0.25) is 0 Å². The third-order valence-electron chi connectivity index (χ3n) is 9.89. The van der Waals surface area contributed by atoms with Crippen molar-refractivity contribution in [2.75, 3.05) is 13.2 Å². The molecule has 50 heavy (non-hydrogen) atoms. The van der Waals surface area contributed by atoms with Gasteiger partial charge in [-0.1, -0.05) is 122 Å². The van der Waals surface area contributed by atoms with Crippen LogP contribution in [0.5, 0.6) is 11.5 Å². The van der Waals surface area contributed by atoms with E-state index in [9.17, 15) is 9.59 Å². The van der Waals surface area contributed by atoms with Gasteiger partial charge >= 0.3 is 0 Å². The zero-order chi connectivity index (χ0) is 35.9. The highest BCUT2D eigenvalue weighted by atomic mass is 32.1. The smallest absolute Gasteiger partial charge is 0.175 e. The van der Waals surface area contributed by atoms with Crippen molar-refractivity contribution in [1.29, 1.82) is 0 Å². The number of ether oxygens (including phenoxy) is 2. The van der Waals surface area contributed by atoms with E-state index in [0.717, 1.165) is 90.0 Å². The van der Waals surface area contributed by atoms with Gasteiger partial charge in [0.25, 0.3) is 0 Å². The average Bonchev–Trinajstić information content (AvgIpc) is 3.64. The molecule has 0 aliphatic heterocycles. The second kappa shape index (κ2) is 20.2. The molecule has 1 aliphatic carbocycles. The van der Waals surface area contributed by atoms with Crippen molar-refractivity contribution >= 4 is 29.0 Å². The SMILES string of the molecule is [C-]#[N+]/C(C)=C\c1ccc(-c2sc(-c3ccc(OCCCCCC)cc3OCCCCCC)c3c2C(=O)C(CCC(CC)CCCC)C3=O)cc1. The lowest BCUT2D eigenvalue weighted by Gasteiger charge is -2.17. The molecule has 1 aromatic heterocycles. The molecule has 0 spiro atoms. The van der Waals surface area contributed by atoms with Crippen molar-refractivity contribution in [3.63, 3.8) is 0 Å². The van der Waals surface area contributed by atoms with Crippen molar-refractivity contribution in [3.8, 4) is 32.4 Å². The number of benzene rings is 2. The van der Waals surface area contributed by atoms with Gasteiger partial charge in [-0.15, -0.1) is 11.3 Å². The minimum absolute atomic E-state index is 0.0465. The maximum Gasteiger partial charge on any atom is 0.175 e. The number of hydrogen-bond acceptors (Lipinski definition) is 5. The fourth-order valence-corrected chi connectivity index (χ4v) is 8.15. The standard InChI is InChI=1S/C44H57NO4S/c1-7-11-14-16-27-48-35-24-26-36(38(30-35)49-28-17-15-12-8-2)44-40-39(41(46)37(42(40)47)25-21-32(10-4)18-13-9-3)43(50-44)34-22-19-33(20-23-34)29-31(5)45-6/h19-20,22-24,26,29-30,32,37H,7-18,21,25,27-28H2,1-5H3/b31-29-. The maximum atomic E-state index is 14.4. The molecule has 0 saturated carbocycles. The van der Waals surface area contributed by atoms with E-state index in [1.165, 1.54) is 37.0 Å². The molecule has 2 atom stereocenters. The Morgan fingerprint density at radius 1 is 0.800 bits per heavy atom. The summed E-state index contributed by atoms with van der Waals surface area (Å²) in [7, 11) is 0. The number of unbranched alkanes of at least 4 members (excludes halogenated alkanes) is 7.